The second kappa shape index (κ2) is 14.6. The smallest absolute Gasteiger partial charge is 0.673 e. The maximum Gasteiger partial charge on any atom is 4.00 e. The topological polar surface area (TPSA) is 27.0 Å². The first-order valence-corrected chi connectivity index (χ1v) is 8.65. The van der Waals surface area contributed by atoms with Crippen LogP contribution in [0.1, 0.15) is 38.3 Å². The largest absolute Gasteiger partial charge is 4.00 e. The predicted molar refractivity (Wildman–Crippen MR) is 133 cm³/mol. The Labute approximate surface area is 199 Å². The van der Waals surface area contributed by atoms with Crippen LogP contribution in [0, 0.1) is 20.9 Å². The van der Waals surface area contributed by atoms with Gasteiger partial charge in [0, 0.05) is 14.1 Å². The van der Waals surface area contributed by atoms with Crippen molar-refractivity contribution in [3.63, 3.8) is 0 Å². The van der Waals surface area contributed by atoms with E-state index in [4.69, 9.17) is 5.73 Å². The molecule has 3 rings (SSSR count). The van der Waals surface area contributed by atoms with Crippen molar-refractivity contribution in [3.05, 3.63) is 104 Å². The van der Waals surface area contributed by atoms with Crippen molar-refractivity contribution in [2.75, 3.05) is 14.1 Å². The zero-order valence-electron chi connectivity index (χ0n) is 18.4. The van der Waals surface area contributed by atoms with Gasteiger partial charge < -0.3 is 25.5 Å². The molecule has 0 saturated heterocycles. The van der Waals surface area contributed by atoms with Gasteiger partial charge in [0.15, 0.2) is 0 Å². The number of hydrogen-bond donors (Lipinski definition) is 0. The monoisotopic (exact) mass is 442 g/mol. The van der Waals surface area contributed by atoms with Gasteiger partial charge in [0.1, 0.15) is 0 Å². The average molecular weight is 443 g/mol. The molecule has 2 aromatic carbocycles. The van der Waals surface area contributed by atoms with Crippen LogP contribution in [0.15, 0.2) is 66.4 Å². The molecular formula is C25H38N2SiTi. The second-order valence-electron chi connectivity index (χ2n) is 7.43. The van der Waals surface area contributed by atoms with Crippen LogP contribution >= 0.6 is 0 Å². The fourth-order valence-corrected chi connectivity index (χ4v) is 2.64. The van der Waals surface area contributed by atoms with E-state index in [-0.39, 0.29) is 53.1 Å². The Balaban J connectivity index is -0.000000679. The van der Waals surface area contributed by atoms with Crippen LogP contribution in [0.3, 0.4) is 0 Å². The van der Waals surface area contributed by atoms with Gasteiger partial charge in [-0.2, -0.15) is 11.6 Å². The van der Waals surface area contributed by atoms with Gasteiger partial charge in [-0.15, -0.1) is 28.8 Å². The van der Waals surface area contributed by atoms with Crippen molar-refractivity contribution in [2.45, 2.75) is 32.7 Å². The molecular weight excluding hydrogens is 404 g/mol. The minimum absolute atomic E-state index is 0. The van der Waals surface area contributed by atoms with E-state index >= 15 is 0 Å². The van der Waals surface area contributed by atoms with Crippen LogP contribution < -0.4 is 0 Å². The van der Waals surface area contributed by atoms with Gasteiger partial charge in [-0.3, -0.25) is 0 Å². The quantitative estimate of drug-likeness (QED) is 0.453. The van der Waals surface area contributed by atoms with Crippen LogP contribution in [-0.4, -0.2) is 35.5 Å². The molecule has 1 aliphatic carbocycles. The van der Waals surface area contributed by atoms with Crippen LogP contribution in [0.2, 0.25) is 0 Å². The predicted octanol–water partition coefficient (Wildman–Crippen LogP) is 5.53. The van der Waals surface area contributed by atoms with E-state index in [9.17, 15) is 0 Å². The Morgan fingerprint density at radius 1 is 0.828 bits per heavy atom. The molecule has 0 unspecified atom stereocenters. The van der Waals surface area contributed by atoms with Crippen LogP contribution in [0.5, 0.6) is 0 Å². The summed E-state index contributed by atoms with van der Waals surface area (Å²) >= 11 is 0. The maximum atomic E-state index is 6.94. The molecule has 0 atom stereocenters. The van der Waals surface area contributed by atoms with Crippen molar-refractivity contribution in [3.8, 4) is 0 Å². The summed E-state index contributed by atoms with van der Waals surface area (Å²) in [7, 11) is 4.21. The number of benzene rings is 2. The molecule has 0 spiro atoms. The molecule has 0 radical (unpaired) electrons. The molecule has 0 heterocycles. The van der Waals surface area contributed by atoms with Gasteiger partial charge in [0.2, 0.25) is 0 Å². The van der Waals surface area contributed by atoms with Gasteiger partial charge in [-0.05, 0) is 16.7 Å². The van der Waals surface area contributed by atoms with Crippen molar-refractivity contribution in [1.82, 2.24) is 4.90 Å². The number of hydrogen-bond acceptors (Lipinski definition) is 1. The zero-order chi connectivity index (χ0) is 18.4. The molecule has 0 fully saturated rings. The van der Waals surface area contributed by atoms with E-state index in [2.05, 4.69) is 85.7 Å². The van der Waals surface area contributed by atoms with E-state index in [1.165, 1.54) is 28.0 Å². The molecule has 2 nitrogen and oxygen atoms in total. The molecule has 29 heavy (non-hydrogen) atoms. The van der Waals surface area contributed by atoms with Crippen molar-refractivity contribution in [2.24, 2.45) is 0 Å². The molecule has 0 bridgehead atoms. The van der Waals surface area contributed by atoms with Gasteiger partial charge >= 0.3 is 21.7 Å². The number of nitrogens with zero attached hydrogens (tertiary/aromatic N) is 1. The molecule has 4 heteroatoms. The average Bonchev–Trinajstić information content (AvgIpc) is 3.00. The summed E-state index contributed by atoms with van der Waals surface area (Å²) in [4.78, 5) is 2.20. The number of nitrogens with one attached hydrogen (secondary N) is 1. The van der Waals surface area contributed by atoms with Gasteiger partial charge in [-0.1, -0.05) is 81.3 Å². The molecule has 0 saturated carbocycles. The minimum atomic E-state index is -0.250. The van der Waals surface area contributed by atoms with E-state index in [1.54, 1.807) is 0 Å². The second-order valence-corrected chi connectivity index (χ2v) is 7.43. The molecule has 1 aliphatic rings. The van der Waals surface area contributed by atoms with E-state index in [0.717, 1.165) is 6.42 Å². The van der Waals surface area contributed by atoms with Gasteiger partial charge in [-0.25, -0.2) is 0 Å². The van der Waals surface area contributed by atoms with E-state index in [1.807, 2.05) is 20.8 Å². The summed E-state index contributed by atoms with van der Waals surface area (Å²) in [5.74, 6) is 0. The maximum absolute atomic E-state index is 6.94. The third-order valence-corrected chi connectivity index (χ3v) is 3.64. The van der Waals surface area contributed by atoms with Gasteiger partial charge in [0.25, 0.3) is 0 Å². The van der Waals surface area contributed by atoms with Crippen molar-refractivity contribution in [1.29, 1.82) is 0 Å². The summed E-state index contributed by atoms with van der Waals surface area (Å²) < 4.78 is 0. The first-order valence-electron chi connectivity index (χ1n) is 8.65. The summed E-state index contributed by atoms with van der Waals surface area (Å²) in [6.45, 7) is 5.56. The van der Waals surface area contributed by atoms with Crippen LogP contribution in [0.4, 0.5) is 0 Å². The zero-order valence-corrected chi connectivity index (χ0v) is 20.0. The van der Waals surface area contributed by atoms with Crippen LogP contribution in [-0.2, 0) is 21.7 Å². The Hall–Kier alpha value is -1.39. The Bertz CT molecular complexity index is 739. The summed E-state index contributed by atoms with van der Waals surface area (Å²) in [5, 5.41) is 0. The normalized spacial score (nSPS) is 12.0. The SMILES string of the molecule is CC(C)(C)[NH-].CN(C)C1=C(c2ccccc2)C(c2ccccc2)=[C-]C1.[CH3-].[CH3-].[SiH4].[Ti+4]. The molecule has 0 aliphatic heterocycles. The first kappa shape index (κ1) is 32.3. The van der Waals surface area contributed by atoms with E-state index < -0.39 is 0 Å². The Kier molecular flexibility index (Phi) is 16.2. The first-order chi connectivity index (χ1) is 11.8. The fourth-order valence-electron chi connectivity index (χ4n) is 2.64. The van der Waals surface area contributed by atoms with Crippen molar-refractivity contribution >= 4 is 22.1 Å². The summed E-state index contributed by atoms with van der Waals surface area (Å²) in [6.07, 6.45) is 4.43. The van der Waals surface area contributed by atoms with Crippen LogP contribution in [0.25, 0.3) is 16.9 Å². The molecule has 2 aromatic rings. The minimum Gasteiger partial charge on any atom is -0.673 e. The third-order valence-electron chi connectivity index (χ3n) is 3.64. The summed E-state index contributed by atoms with van der Waals surface area (Å²) in [5.41, 5.74) is 13.0. The summed E-state index contributed by atoms with van der Waals surface area (Å²) in [6, 6.07) is 21.1. The molecule has 156 valence electrons. The Morgan fingerprint density at radius 2 is 1.21 bits per heavy atom. The molecule has 1 N–H and O–H groups in total. The van der Waals surface area contributed by atoms with Gasteiger partial charge in [0.05, 0.1) is 0 Å². The molecule has 0 amide bonds. The molecule has 0 aromatic heterocycles. The number of rotatable bonds is 3. The van der Waals surface area contributed by atoms with Crippen molar-refractivity contribution < 1.29 is 21.7 Å². The number of allylic oxidation sites excluding steroid dienone is 3. The fraction of sp³-hybridized carbons (Fsp3) is 0.280. The Morgan fingerprint density at radius 3 is 1.59 bits per heavy atom. The van der Waals surface area contributed by atoms with E-state index in [0.29, 0.717) is 0 Å². The standard InChI is InChI=1S/C19H18N.C4H10N.2CH3.H4Si.Ti/c1-20(2)18-14-13-17(15-9-5-3-6-10-15)19(18)16-11-7-4-8-12-16;1-4(2,3)5;;;;/h3-12H,14H2,1-2H3;5H,1-3H3;2*1H3;1H4;/q4*-1;;+4. The third kappa shape index (κ3) is 10.3.